The molecule has 0 radical (unpaired) electrons. The van der Waals surface area contributed by atoms with E-state index in [0.29, 0.717) is 5.41 Å². The molecular weight excluding hydrogens is 280 g/mol. The third-order valence-electron chi connectivity index (χ3n) is 5.38. The van der Waals surface area contributed by atoms with Gasteiger partial charge in [-0.1, -0.05) is 0 Å². The molecule has 5 heteroatoms. The van der Waals surface area contributed by atoms with Crippen LogP contribution in [0.1, 0.15) is 31.2 Å². The van der Waals surface area contributed by atoms with E-state index in [1.54, 1.807) is 17.7 Å². The summed E-state index contributed by atoms with van der Waals surface area (Å²) in [6, 6.07) is 3.92. The number of pyridine rings is 1. The van der Waals surface area contributed by atoms with Crippen LogP contribution in [-0.4, -0.2) is 47.0 Å². The first kappa shape index (κ1) is 15.7. The summed E-state index contributed by atoms with van der Waals surface area (Å²) in [4.78, 5) is 14.2. The van der Waals surface area contributed by atoms with Gasteiger partial charge in [-0.2, -0.15) is 0 Å². The molecule has 122 valence electrons. The highest BCUT2D eigenvalue weighted by molar-refractivity contribution is 5.11. The minimum absolute atomic E-state index is 0.0239. The summed E-state index contributed by atoms with van der Waals surface area (Å²) >= 11 is 0. The molecule has 1 N–H and O–H groups in total. The topological polar surface area (TPSA) is 54.7 Å². The molecule has 1 aromatic heterocycles. The zero-order chi connectivity index (χ0) is 15.6. The minimum atomic E-state index is 0.0239. The summed E-state index contributed by atoms with van der Waals surface area (Å²) < 4.78 is 7.11. The van der Waals surface area contributed by atoms with Crippen LogP contribution in [0.15, 0.2) is 23.1 Å². The van der Waals surface area contributed by atoms with Crippen molar-refractivity contribution in [3.63, 3.8) is 0 Å². The van der Waals surface area contributed by atoms with Gasteiger partial charge in [-0.3, -0.25) is 9.69 Å². The molecule has 2 aliphatic rings. The summed E-state index contributed by atoms with van der Waals surface area (Å²) in [6.07, 6.45) is 6.24. The highest BCUT2D eigenvalue weighted by Gasteiger charge is 2.40. The Labute approximate surface area is 131 Å². The van der Waals surface area contributed by atoms with Gasteiger partial charge in [-0.25, -0.2) is 0 Å². The number of aliphatic hydroxyl groups excluding tert-OH is 1. The standard InChI is InChI=1S/C17H26N2O3/c1-18-7-3-14(10-16(18)21)11-19-13-17(4-2-15(19)12-20)5-8-22-9-6-17/h3,7,10,15,20H,2,4-6,8-9,11-13H2,1H3. The van der Waals surface area contributed by atoms with Crippen LogP contribution in [0.2, 0.25) is 0 Å². The van der Waals surface area contributed by atoms with Gasteiger partial charge in [0.1, 0.15) is 0 Å². The fourth-order valence-corrected chi connectivity index (χ4v) is 3.82. The minimum Gasteiger partial charge on any atom is -0.395 e. The van der Waals surface area contributed by atoms with E-state index in [2.05, 4.69) is 4.90 Å². The van der Waals surface area contributed by atoms with Crippen molar-refractivity contribution < 1.29 is 9.84 Å². The van der Waals surface area contributed by atoms with E-state index >= 15 is 0 Å². The van der Waals surface area contributed by atoms with Crippen molar-refractivity contribution in [2.45, 2.75) is 38.3 Å². The van der Waals surface area contributed by atoms with Crippen LogP contribution in [0.4, 0.5) is 0 Å². The van der Waals surface area contributed by atoms with E-state index in [1.165, 1.54) is 6.42 Å². The highest BCUT2D eigenvalue weighted by Crippen LogP contribution is 2.41. The van der Waals surface area contributed by atoms with Crippen molar-refractivity contribution in [3.05, 3.63) is 34.2 Å². The molecule has 2 aliphatic heterocycles. The Balaban J connectivity index is 1.75. The van der Waals surface area contributed by atoms with Gasteiger partial charge < -0.3 is 14.4 Å². The highest BCUT2D eigenvalue weighted by atomic mass is 16.5. The van der Waals surface area contributed by atoms with Crippen molar-refractivity contribution in [3.8, 4) is 0 Å². The van der Waals surface area contributed by atoms with E-state index in [1.807, 2.05) is 12.3 Å². The van der Waals surface area contributed by atoms with E-state index < -0.39 is 0 Å². The second-order valence-corrected chi connectivity index (χ2v) is 6.88. The third-order valence-corrected chi connectivity index (χ3v) is 5.38. The van der Waals surface area contributed by atoms with Crippen molar-refractivity contribution in [2.75, 3.05) is 26.4 Å². The molecule has 2 fully saturated rings. The smallest absolute Gasteiger partial charge is 0.250 e. The fraction of sp³-hybridized carbons (Fsp3) is 0.706. The van der Waals surface area contributed by atoms with Crippen molar-refractivity contribution in [2.24, 2.45) is 12.5 Å². The molecule has 0 aliphatic carbocycles. The normalized spacial score (nSPS) is 25.5. The zero-order valence-corrected chi connectivity index (χ0v) is 13.3. The second kappa shape index (κ2) is 6.52. The number of aliphatic hydroxyl groups is 1. The SMILES string of the molecule is Cn1ccc(CN2CC3(CCOCC3)CCC2CO)cc1=O. The lowest BCUT2D eigenvalue weighted by Crippen LogP contribution is -2.51. The molecular formula is C17H26N2O3. The van der Waals surface area contributed by atoms with Crippen LogP contribution < -0.4 is 5.56 Å². The number of piperidine rings is 1. The van der Waals surface area contributed by atoms with Gasteiger partial charge in [-0.15, -0.1) is 0 Å². The number of hydrogen-bond donors (Lipinski definition) is 1. The average molecular weight is 306 g/mol. The molecule has 22 heavy (non-hydrogen) atoms. The number of nitrogens with zero attached hydrogens (tertiary/aromatic N) is 2. The van der Waals surface area contributed by atoms with Crippen LogP contribution in [0.3, 0.4) is 0 Å². The Kier molecular flexibility index (Phi) is 4.66. The van der Waals surface area contributed by atoms with Gasteiger partial charge in [0.25, 0.3) is 5.56 Å². The molecule has 5 nitrogen and oxygen atoms in total. The predicted molar refractivity (Wildman–Crippen MR) is 84.7 cm³/mol. The Morgan fingerprint density at radius 3 is 2.82 bits per heavy atom. The maximum atomic E-state index is 11.8. The number of aryl methyl sites for hydroxylation is 1. The molecule has 1 aromatic rings. The average Bonchev–Trinajstić information content (AvgIpc) is 2.52. The Hall–Kier alpha value is -1.17. The lowest BCUT2D eigenvalue weighted by atomic mass is 9.72. The quantitative estimate of drug-likeness (QED) is 0.910. The first-order valence-electron chi connectivity index (χ1n) is 8.20. The number of ether oxygens (including phenoxy) is 1. The summed E-state index contributed by atoms with van der Waals surface area (Å²) in [6.45, 7) is 3.63. The van der Waals surface area contributed by atoms with Crippen LogP contribution in [0.25, 0.3) is 0 Å². The van der Waals surface area contributed by atoms with Crippen molar-refractivity contribution >= 4 is 0 Å². The third kappa shape index (κ3) is 3.26. The van der Waals surface area contributed by atoms with Crippen molar-refractivity contribution in [1.29, 1.82) is 0 Å². The lowest BCUT2D eigenvalue weighted by molar-refractivity contribution is -0.0550. The van der Waals surface area contributed by atoms with E-state index in [0.717, 1.165) is 51.1 Å². The first-order valence-corrected chi connectivity index (χ1v) is 8.20. The van der Waals surface area contributed by atoms with Crippen LogP contribution in [0, 0.1) is 5.41 Å². The van der Waals surface area contributed by atoms with Crippen LogP contribution in [0.5, 0.6) is 0 Å². The molecule has 0 aromatic carbocycles. The Bertz CT molecular complexity index is 563. The summed E-state index contributed by atoms with van der Waals surface area (Å²) in [5.41, 5.74) is 1.39. The predicted octanol–water partition coefficient (Wildman–Crippen LogP) is 1.14. The van der Waals surface area contributed by atoms with Crippen molar-refractivity contribution in [1.82, 2.24) is 9.47 Å². The molecule has 3 rings (SSSR count). The summed E-state index contributed by atoms with van der Waals surface area (Å²) in [5, 5.41) is 9.69. The van der Waals surface area contributed by atoms with Crippen LogP contribution >= 0.6 is 0 Å². The van der Waals surface area contributed by atoms with E-state index in [-0.39, 0.29) is 18.2 Å². The van der Waals surface area contributed by atoms with Gasteiger partial charge in [-0.05, 0) is 42.7 Å². The van der Waals surface area contributed by atoms with Crippen LogP contribution in [-0.2, 0) is 18.3 Å². The number of likely N-dealkylation sites (tertiary alicyclic amines) is 1. The van der Waals surface area contributed by atoms with E-state index in [9.17, 15) is 9.90 Å². The number of hydrogen-bond acceptors (Lipinski definition) is 4. The molecule has 3 heterocycles. The summed E-state index contributed by atoms with van der Waals surface area (Å²) in [7, 11) is 1.76. The molecule has 0 bridgehead atoms. The summed E-state index contributed by atoms with van der Waals surface area (Å²) in [5.74, 6) is 0. The van der Waals surface area contributed by atoms with Gasteiger partial charge in [0.15, 0.2) is 0 Å². The van der Waals surface area contributed by atoms with Gasteiger partial charge in [0.2, 0.25) is 0 Å². The number of aromatic nitrogens is 1. The largest absolute Gasteiger partial charge is 0.395 e. The Morgan fingerprint density at radius 1 is 1.36 bits per heavy atom. The number of rotatable bonds is 3. The van der Waals surface area contributed by atoms with Gasteiger partial charge in [0.05, 0.1) is 6.61 Å². The fourth-order valence-electron chi connectivity index (χ4n) is 3.82. The second-order valence-electron chi connectivity index (χ2n) is 6.88. The van der Waals surface area contributed by atoms with Gasteiger partial charge in [0, 0.05) is 51.7 Å². The monoisotopic (exact) mass is 306 g/mol. The zero-order valence-electron chi connectivity index (χ0n) is 13.3. The molecule has 1 spiro atoms. The maximum Gasteiger partial charge on any atom is 0.250 e. The molecule has 2 saturated heterocycles. The molecule has 1 atom stereocenters. The van der Waals surface area contributed by atoms with E-state index in [4.69, 9.17) is 4.74 Å². The molecule has 0 saturated carbocycles. The Morgan fingerprint density at radius 2 is 2.14 bits per heavy atom. The first-order chi connectivity index (χ1) is 10.6. The maximum absolute atomic E-state index is 11.8. The molecule has 0 amide bonds. The van der Waals surface area contributed by atoms with Gasteiger partial charge >= 0.3 is 0 Å². The lowest BCUT2D eigenvalue weighted by Gasteiger charge is -2.48. The molecule has 1 unspecified atom stereocenters.